The van der Waals surface area contributed by atoms with Crippen molar-refractivity contribution in [2.24, 2.45) is 0 Å². The number of anilines is 3. The number of morpholine rings is 2. The van der Waals surface area contributed by atoms with Crippen molar-refractivity contribution < 1.29 is 18.3 Å². The molecule has 4 aliphatic heterocycles. The Labute approximate surface area is 190 Å². The summed E-state index contributed by atoms with van der Waals surface area (Å²) in [7, 11) is 0. The van der Waals surface area contributed by atoms with Crippen molar-refractivity contribution >= 4 is 17.7 Å². The Morgan fingerprint density at radius 3 is 2.42 bits per heavy atom. The summed E-state index contributed by atoms with van der Waals surface area (Å²) in [5.74, 6) is 1.19. The molecule has 9 nitrogen and oxygen atoms in total. The minimum absolute atomic E-state index is 0.0340. The van der Waals surface area contributed by atoms with Crippen LogP contribution in [0.15, 0.2) is 12.3 Å². The van der Waals surface area contributed by atoms with Crippen molar-refractivity contribution in [2.45, 2.75) is 69.5 Å². The lowest BCUT2D eigenvalue weighted by molar-refractivity contribution is 0.00816. The molecule has 4 saturated heterocycles. The molecule has 4 fully saturated rings. The van der Waals surface area contributed by atoms with Crippen LogP contribution in [0.5, 0.6) is 0 Å². The molecule has 0 radical (unpaired) electrons. The van der Waals surface area contributed by atoms with E-state index in [0.29, 0.717) is 31.5 Å². The van der Waals surface area contributed by atoms with Gasteiger partial charge >= 0.3 is 0 Å². The van der Waals surface area contributed by atoms with Gasteiger partial charge in [0.1, 0.15) is 5.82 Å². The lowest BCUT2D eigenvalue weighted by atomic mass is 10.1. The summed E-state index contributed by atoms with van der Waals surface area (Å²) >= 11 is 0. The number of alkyl halides is 2. The van der Waals surface area contributed by atoms with E-state index < -0.39 is 6.43 Å². The number of rotatable bonds is 4. The quantitative estimate of drug-likeness (QED) is 0.739. The first-order valence-electron chi connectivity index (χ1n) is 11.6. The van der Waals surface area contributed by atoms with E-state index in [9.17, 15) is 8.78 Å². The summed E-state index contributed by atoms with van der Waals surface area (Å²) < 4.78 is 39.8. The number of hydrogen-bond donors (Lipinski definition) is 1. The van der Waals surface area contributed by atoms with Gasteiger partial charge in [-0.25, -0.2) is 13.8 Å². The highest BCUT2D eigenvalue weighted by atomic mass is 19.3. The van der Waals surface area contributed by atoms with E-state index in [2.05, 4.69) is 31.7 Å². The highest BCUT2D eigenvalue weighted by Crippen LogP contribution is 2.36. The number of nitrogens with two attached hydrogens (primary N) is 1. The van der Waals surface area contributed by atoms with E-state index in [1.54, 1.807) is 0 Å². The number of hydrogen-bond acceptors (Lipinski definition) is 9. The molecule has 4 aliphatic rings. The van der Waals surface area contributed by atoms with Crippen molar-refractivity contribution in [1.82, 2.24) is 19.9 Å². The van der Waals surface area contributed by atoms with Crippen LogP contribution in [0.25, 0.3) is 11.4 Å². The van der Waals surface area contributed by atoms with Crippen molar-refractivity contribution in [3.8, 4) is 11.4 Å². The maximum absolute atomic E-state index is 13.9. The van der Waals surface area contributed by atoms with Crippen LogP contribution >= 0.6 is 0 Å². The van der Waals surface area contributed by atoms with Crippen LogP contribution in [0.1, 0.15) is 44.6 Å². The van der Waals surface area contributed by atoms with Crippen LogP contribution in [0, 0.1) is 0 Å². The summed E-state index contributed by atoms with van der Waals surface area (Å²) in [6.07, 6.45) is 3.13. The zero-order chi connectivity index (χ0) is 22.7. The number of nitrogen functional groups attached to an aromatic ring is 1. The van der Waals surface area contributed by atoms with Gasteiger partial charge in [-0.3, -0.25) is 0 Å². The molecule has 176 valence electrons. The molecule has 0 saturated carbocycles. The highest BCUT2D eigenvalue weighted by molar-refractivity contribution is 5.64. The van der Waals surface area contributed by atoms with Gasteiger partial charge in [-0.15, -0.1) is 0 Å². The summed E-state index contributed by atoms with van der Waals surface area (Å²) in [5, 5.41) is 0. The fourth-order valence-corrected chi connectivity index (χ4v) is 5.45. The monoisotopic (exact) mass is 459 g/mol. The van der Waals surface area contributed by atoms with E-state index in [-0.39, 0.29) is 53.2 Å². The van der Waals surface area contributed by atoms with Crippen LogP contribution < -0.4 is 15.5 Å². The largest absolute Gasteiger partial charge is 0.384 e. The number of nitrogens with zero attached hydrogens (tertiary/aromatic N) is 6. The van der Waals surface area contributed by atoms with Crippen LogP contribution in [-0.4, -0.2) is 70.0 Å². The predicted octanol–water partition coefficient (Wildman–Crippen LogP) is 2.58. The van der Waals surface area contributed by atoms with Crippen LogP contribution in [-0.2, 0) is 9.47 Å². The van der Waals surface area contributed by atoms with E-state index >= 15 is 0 Å². The van der Waals surface area contributed by atoms with Gasteiger partial charge in [0, 0.05) is 37.0 Å². The molecule has 2 aromatic rings. The second kappa shape index (κ2) is 7.98. The van der Waals surface area contributed by atoms with Crippen LogP contribution in [0.2, 0.25) is 0 Å². The molecule has 6 rings (SSSR count). The van der Waals surface area contributed by atoms with Gasteiger partial charge in [0.2, 0.25) is 11.9 Å². The van der Waals surface area contributed by atoms with Crippen LogP contribution in [0.3, 0.4) is 0 Å². The maximum atomic E-state index is 13.9. The Hall–Kier alpha value is -2.66. The standard InChI is InChI=1S/C22H27F2N7O2/c1-11-17-5-4-14(33-17)10-31(11)22-28-20(16-7-26-18(25)6-15(16)19(23)24)27-21(29-22)30-8-12-2-3-13(9-30)32-12/h6-7,11-14,17,19H,2-5,8-10H2,1H3,(H2,25,26)/t11-,12?,13?,14?,17?/m0/s1. The lowest BCUT2D eigenvalue weighted by Gasteiger charge is -2.39. The van der Waals surface area contributed by atoms with Crippen molar-refractivity contribution in [3.05, 3.63) is 17.8 Å². The Morgan fingerprint density at radius 2 is 1.67 bits per heavy atom. The van der Waals surface area contributed by atoms with Gasteiger partial charge < -0.3 is 25.0 Å². The number of halogens is 2. The third-order valence-electron chi connectivity index (χ3n) is 7.20. The topological polar surface area (TPSA) is 103 Å². The van der Waals surface area contributed by atoms with Crippen LogP contribution in [0.4, 0.5) is 26.5 Å². The molecule has 2 aromatic heterocycles. The average molecular weight is 460 g/mol. The Bertz CT molecular complexity index is 1050. The number of aromatic nitrogens is 4. The molecular formula is C22H27F2N7O2. The second-order valence-corrected chi connectivity index (χ2v) is 9.39. The molecule has 0 amide bonds. The molecule has 2 N–H and O–H groups in total. The summed E-state index contributed by atoms with van der Waals surface area (Å²) in [5.41, 5.74) is 5.63. The zero-order valence-corrected chi connectivity index (χ0v) is 18.4. The zero-order valence-electron chi connectivity index (χ0n) is 18.4. The number of fused-ring (bicyclic) bond motifs is 4. The molecule has 0 spiro atoms. The number of ether oxygens (including phenoxy) is 2. The first-order chi connectivity index (χ1) is 15.9. The molecular weight excluding hydrogens is 432 g/mol. The average Bonchev–Trinajstić information content (AvgIpc) is 3.38. The Kier molecular flexibility index (Phi) is 5.06. The molecule has 0 aliphatic carbocycles. The summed E-state index contributed by atoms with van der Waals surface area (Å²) in [6, 6.07) is 1.27. The third kappa shape index (κ3) is 3.76. The molecule has 4 bridgehead atoms. The molecule has 6 heterocycles. The molecule has 11 heteroatoms. The minimum Gasteiger partial charge on any atom is -0.384 e. The van der Waals surface area contributed by atoms with Gasteiger partial charge in [0.05, 0.1) is 30.5 Å². The predicted molar refractivity (Wildman–Crippen MR) is 117 cm³/mol. The lowest BCUT2D eigenvalue weighted by Crippen LogP contribution is -2.50. The molecule has 5 atom stereocenters. The first kappa shape index (κ1) is 20.9. The van der Waals surface area contributed by atoms with Crippen molar-refractivity contribution in [1.29, 1.82) is 0 Å². The normalized spacial score (nSPS) is 31.0. The van der Waals surface area contributed by atoms with Gasteiger partial charge in [0.25, 0.3) is 6.43 Å². The van der Waals surface area contributed by atoms with Crippen molar-refractivity contribution in [2.75, 3.05) is 35.2 Å². The fraction of sp³-hybridized carbons (Fsp3) is 0.636. The van der Waals surface area contributed by atoms with E-state index in [0.717, 1.165) is 25.7 Å². The Morgan fingerprint density at radius 1 is 0.970 bits per heavy atom. The van der Waals surface area contributed by atoms with Gasteiger partial charge in [-0.05, 0) is 38.7 Å². The van der Waals surface area contributed by atoms with Gasteiger partial charge in [-0.1, -0.05) is 0 Å². The highest BCUT2D eigenvalue weighted by Gasteiger charge is 2.41. The van der Waals surface area contributed by atoms with Gasteiger partial charge in [0.15, 0.2) is 5.82 Å². The summed E-state index contributed by atoms with van der Waals surface area (Å²) in [4.78, 5) is 22.4. The summed E-state index contributed by atoms with van der Waals surface area (Å²) in [6.45, 7) is 4.10. The first-order valence-corrected chi connectivity index (χ1v) is 11.6. The van der Waals surface area contributed by atoms with E-state index in [4.69, 9.17) is 20.2 Å². The number of pyridine rings is 1. The molecule has 0 aromatic carbocycles. The van der Waals surface area contributed by atoms with Gasteiger partial charge in [-0.2, -0.15) is 15.0 Å². The SMILES string of the molecule is C[C@H]1C2CCC(CN1c1nc(-c3cnc(N)cc3C(F)F)nc(N3CC4CCC(C3)O4)n1)O2. The molecule has 33 heavy (non-hydrogen) atoms. The molecule has 4 unspecified atom stereocenters. The maximum Gasteiger partial charge on any atom is 0.264 e. The Balaban J connectivity index is 1.45. The smallest absolute Gasteiger partial charge is 0.264 e. The third-order valence-corrected chi connectivity index (χ3v) is 7.20. The van der Waals surface area contributed by atoms with E-state index in [1.165, 1.54) is 12.3 Å². The fourth-order valence-electron chi connectivity index (χ4n) is 5.45. The second-order valence-electron chi connectivity index (χ2n) is 9.39. The van der Waals surface area contributed by atoms with Crippen molar-refractivity contribution in [3.63, 3.8) is 0 Å². The van der Waals surface area contributed by atoms with E-state index in [1.807, 2.05) is 0 Å². The minimum atomic E-state index is -2.73.